The number of nitrogens with one attached hydrogen (secondary N) is 1. The molecule has 0 amide bonds. The molecular formula is C13H25N3S. The van der Waals surface area contributed by atoms with E-state index in [9.17, 15) is 0 Å². The van der Waals surface area contributed by atoms with E-state index in [1.807, 2.05) is 6.92 Å². The number of rotatable bonds is 7. The summed E-state index contributed by atoms with van der Waals surface area (Å²) < 4.78 is 0. The predicted octanol–water partition coefficient (Wildman–Crippen LogP) is 2.72. The average Bonchev–Trinajstić information content (AvgIpc) is 2.70. The van der Waals surface area contributed by atoms with Crippen molar-refractivity contribution in [3.05, 3.63) is 16.1 Å². The van der Waals surface area contributed by atoms with E-state index in [0.29, 0.717) is 17.9 Å². The third-order valence-corrected chi connectivity index (χ3v) is 4.00. The van der Waals surface area contributed by atoms with Crippen molar-refractivity contribution in [1.82, 2.24) is 10.3 Å². The molecule has 1 heterocycles. The number of nitrogens with zero attached hydrogens (tertiary/aromatic N) is 1. The van der Waals surface area contributed by atoms with Crippen molar-refractivity contribution in [3.63, 3.8) is 0 Å². The summed E-state index contributed by atoms with van der Waals surface area (Å²) in [6, 6.07) is 0.329. The Morgan fingerprint density at radius 3 is 2.59 bits per heavy atom. The SMILES string of the molecule is Cc1csc(C(C)NCC(CN)CC(C)C)n1. The monoisotopic (exact) mass is 255 g/mol. The Morgan fingerprint density at radius 2 is 2.12 bits per heavy atom. The summed E-state index contributed by atoms with van der Waals surface area (Å²) >= 11 is 1.73. The summed E-state index contributed by atoms with van der Waals surface area (Å²) in [6.07, 6.45) is 1.19. The Kier molecular flexibility index (Phi) is 6.09. The zero-order valence-electron chi connectivity index (χ0n) is 11.4. The first-order valence-corrected chi connectivity index (χ1v) is 7.26. The molecular weight excluding hydrogens is 230 g/mol. The Labute approximate surface area is 109 Å². The summed E-state index contributed by atoms with van der Waals surface area (Å²) in [5.74, 6) is 1.28. The Bertz CT molecular complexity index is 322. The lowest BCUT2D eigenvalue weighted by Crippen LogP contribution is -2.31. The summed E-state index contributed by atoms with van der Waals surface area (Å²) in [7, 11) is 0. The molecule has 1 rings (SSSR count). The number of hydrogen-bond acceptors (Lipinski definition) is 4. The van der Waals surface area contributed by atoms with Crippen molar-refractivity contribution in [2.45, 2.75) is 40.2 Å². The van der Waals surface area contributed by atoms with E-state index in [1.54, 1.807) is 11.3 Å². The second-order valence-corrected chi connectivity index (χ2v) is 6.08. The zero-order chi connectivity index (χ0) is 12.8. The molecule has 0 spiro atoms. The molecule has 0 saturated heterocycles. The fourth-order valence-electron chi connectivity index (χ4n) is 1.93. The number of nitrogens with two attached hydrogens (primary N) is 1. The summed E-state index contributed by atoms with van der Waals surface area (Å²) in [4.78, 5) is 4.50. The van der Waals surface area contributed by atoms with Crippen LogP contribution in [0.15, 0.2) is 5.38 Å². The maximum atomic E-state index is 5.80. The van der Waals surface area contributed by atoms with E-state index in [4.69, 9.17) is 5.73 Å². The van der Waals surface area contributed by atoms with Gasteiger partial charge in [0.1, 0.15) is 5.01 Å². The topological polar surface area (TPSA) is 50.9 Å². The molecule has 0 aliphatic rings. The molecule has 0 aromatic carbocycles. The van der Waals surface area contributed by atoms with Crippen LogP contribution in [0.1, 0.15) is 43.9 Å². The largest absolute Gasteiger partial charge is 0.330 e. The van der Waals surface area contributed by atoms with Crippen molar-refractivity contribution in [3.8, 4) is 0 Å². The van der Waals surface area contributed by atoms with Gasteiger partial charge in [-0.1, -0.05) is 13.8 Å². The minimum atomic E-state index is 0.329. The van der Waals surface area contributed by atoms with Crippen LogP contribution in [0, 0.1) is 18.8 Å². The molecule has 0 radical (unpaired) electrons. The van der Waals surface area contributed by atoms with Crippen molar-refractivity contribution in [2.75, 3.05) is 13.1 Å². The van der Waals surface area contributed by atoms with Gasteiger partial charge in [0, 0.05) is 11.1 Å². The minimum absolute atomic E-state index is 0.329. The van der Waals surface area contributed by atoms with Gasteiger partial charge in [0.2, 0.25) is 0 Å². The van der Waals surface area contributed by atoms with Crippen LogP contribution in [-0.4, -0.2) is 18.1 Å². The van der Waals surface area contributed by atoms with Gasteiger partial charge in [-0.25, -0.2) is 4.98 Å². The van der Waals surface area contributed by atoms with Gasteiger partial charge >= 0.3 is 0 Å². The average molecular weight is 255 g/mol. The summed E-state index contributed by atoms with van der Waals surface area (Å²) in [6.45, 7) is 10.4. The molecule has 1 aromatic rings. The molecule has 0 bridgehead atoms. The molecule has 0 aliphatic heterocycles. The molecule has 98 valence electrons. The second-order valence-electron chi connectivity index (χ2n) is 5.19. The third kappa shape index (κ3) is 5.15. The molecule has 0 fully saturated rings. The highest BCUT2D eigenvalue weighted by Gasteiger charge is 2.13. The van der Waals surface area contributed by atoms with Crippen LogP contribution in [0.25, 0.3) is 0 Å². The first-order chi connectivity index (χ1) is 8.02. The van der Waals surface area contributed by atoms with Gasteiger partial charge in [-0.3, -0.25) is 0 Å². The van der Waals surface area contributed by atoms with E-state index in [0.717, 1.165) is 18.8 Å². The minimum Gasteiger partial charge on any atom is -0.330 e. The number of hydrogen-bond donors (Lipinski definition) is 2. The van der Waals surface area contributed by atoms with Crippen molar-refractivity contribution in [2.24, 2.45) is 17.6 Å². The predicted molar refractivity (Wildman–Crippen MR) is 75.3 cm³/mol. The normalized spacial score (nSPS) is 15.2. The van der Waals surface area contributed by atoms with E-state index < -0.39 is 0 Å². The van der Waals surface area contributed by atoms with Gasteiger partial charge in [-0.05, 0) is 45.2 Å². The quantitative estimate of drug-likeness (QED) is 0.787. The fourth-order valence-corrected chi connectivity index (χ4v) is 2.76. The zero-order valence-corrected chi connectivity index (χ0v) is 12.2. The van der Waals surface area contributed by atoms with Crippen LogP contribution < -0.4 is 11.1 Å². The lowest BCUT2D eigenvalue weighted by atomic mass is 9.97. The van der Waals surface area contributed by atoms with Crippen LogP contribution in [0.5, 0.6) is 0 Å². The summed E-state index contributed by atoms with van der Waals surface area (Å²) in [5, 5.41) is 6.81. The van der Waals surface area contributed by atoms with Gasteiger partial charge in [0.05, 0.1) is 6.04 Å². The Morgan fingerprint density at radius 1 is 1.41 bits per heavy atom. The summed E-state index contributed by atoms with van der Waals surface area (Å²) in [5.41, 5.74) is 6.90. The van der Waals surface area contributed by atoms with Crippen LogP contribution >= 0.6 is 11.3 Å². The molecule has 3 N–H and O–H groups in total. The van der Waals surface area contributed by atoms with E-state index in [-0.39, 0.29) is 0 Å². The van der Waals surface area contributed by atoms with Gasteiger partial charge < -0.3 is 11.1 Å². The number of thiazole rings is 1. The second kappa shape index (κ2) is 7.09. The first-order valence-electron chi connectivity index (χ1n) is 6.38. The van der Waals surface area contributed by atoms with E-state index >= 15 is 0 Å². The van der Waals surface area contributed by atoms with Gasteiger partial charge in [0.25, 0.3) is 0 Å². The van der Waals surface area contributed by atoms with Crippen molar-refractivity contribution < 1.29 is 0 Å². The lowest BCUT2D eigenvalue weighted by molar-refractivity contribution is 0.378. The standard InChI is InChI=1S/C13H25N3S/c1-9(2)5-12(6-14)7-15-11(4)13-16-10(3)8-17-13/h8-9,11-12,15H,5-7,14H2,1-4H3. The highest BCUT2D eigenvalue weighted by atomic mass is 32.1. The van der Waals surface area contributed by atoms with Crippen molar-refractivity contribution >= 4 is 11.3 Å². The molecule has 0 saturated carbocycles. The Balaban J connectivity index is 2.38. The molecule has 3 nitrogen and oxygen atoms in total. The van der Waals surface area contributed by atoms with Crippen molar-refractivity contribution in [1.29, 1.82) is 0 Å². The van der Waals surface area contributed by atoms with E-state index in [1.165, 1.54) is 11.4 Å². The maximum Gasteiger partial charge on any atom is 0.110 e. The molecule has 2 atom stereocenters. The lowest BCUT2D eigenvalue weighted by Gasteiger charge is -2.20. The smallest absolute Gasteiger partial charge is 0.110 e. The maximum absolute atomic E-state index is 5.80. The van der Waals surface area contributed by atoms with Crippen LogP contribution in [-0.2, 0) is 0 Å². The van der Waals surface area contributed by atoms with Crippen LogP contribution in [0.3, 0.4) is 0 Å². The molecule has 4 heteroatoms. The molecule has 17 heavy (non-hydrogen) atoms. The van der Waals surface area contributed by atoms with Gasteiger partial charge in [-0.15, -0.1) is 11.3 Å². The molecule has 1 aromatic heterocycles. The van der Waals surface area contributed by atoms with E-state index in [2.05, 4.69) is 36.5 Å². The van der Waals surface area contributed by atoms with Crippen LogP contribution in [0.2, 0.25) is 0 Å². The number of aromatic nitrogens is 1. The molecule has 0 aliphatic carbocycles. The highest BCUT2D eigenvalue weighted by molar-refractivity contribution is 7.09. The fraction of sp³-hybridized carbons (Fsp3) is 0.769. The number of aryl methyl sites for hydroxylation is 1. The van der Waals surface area contributed by atoms with Gasteiger partial charge in [0.15, 0.2) is 0 Å². The third-order valence-electron chi connectivity index (χ3n) is 2.86. The highest BCUT2D eigenvalue weighted by Crippen LogP contribution is 2.18. The first kappa shape index (κ1) is 14.6. The Hall–Kier alpha value is -0.450. The van der Waals surface area contributed by atoms with Gasteiger partial charge in [-0.2, -0.15) is 0 Å². The van der Waals surface area contributed by atoms with Crippen LogP contribution in [0.4, 0.5) is 0 Å². The molecule has 2 unspecified atom stereocenters.